The normalized spacial score (nSPS) is 13.5. The highest BCUT2D eigenvalue weighted by molar-refractivity contribution is 7.99. The minimum atomic E-state index is -2.24. The predicted octanol–water partition coefficient (Wildman–Crippen LogP) is 2.53. The van der Waals surface area contributed by atoms with Crippen LogP contribution in [0.15, 0.2) is 29.2 Å². The summed E-state index contributed by atoms with van der Waals surface area (Å²) in [5, 5.41) is 11.9. The Morgan fingerprint density at radius 2 is 1.92 bits per heavy atom. The number of rotatable bonds is 4. The number of carbonyl (C=O) groups is 1. The molecule has 8 heteroatoms. The third kappa shape index (κ3) is 3.42. The molecule has 2 aromatic heterocycles. The zero-order valence-electron chi connectivity index (χ0n) is 14.8. The lowest BCUT2D eigenvalue weighted by Crippen LogP contribution is -2.22. The van der Waals surface area contributed by atoms with Crippen LogP contribution >= 0.6 is 11.3 Å². The zero-order chi connectivity index (χ0) is 19.1. The van der Waals surface area contributed by atoms with Crippen LogP contribution in [0.25, 0.3) is 10.2 Å². The summed E-state index contributed by atoms with van der Waals surface area (Å²) >= 11 is 1.24. The van der Waals surface area contributed by atoms with Crippen molar-refractivity contribution in [2.75, 3.05) is 12.0 Å². The van der Waals surface area contributed by atoms with Crippen molar-refractivity contribution in [2.24, 2.45) is 0 Å². The molecule has 136 valence electrons. The molecule has 3 rings (SSSR count). The van der Waals surface area contributed by atoms with Gasteiger partial charge < -0.3 is 11.1 Å². The molecule has 0 aliphatic carbocycles. The summed E-state index contributed by atoms with van der Waals surface area (Å²) in [7, 11) is -2.24. The number of fused-ring (bicyclic) bond motifs is 1. The fourth-order valence-corrected chi connectivity index (χ4v) is 4.30. The van der Waals surface area contributed by atoms with Crippen molar-refractivity contribution >= 4 is 48.5 Å². The summed E-state index contributed by atoms with van der Waals surface area (Å²) in [4.78, 5) is 14.3. The SMILES string of the molecule is C=S(C)(=O)c1ccc(CNC(=O)c2sc3nnc(C)c(C)c3c2N)cc1. The topological polar surface area (TPSA) is 98.0 Å². The number of hydrogen-bond donors (Lipinski definition) is 2. The third-order valence-electron chi connectivity index (χ3n) is 4.22. The molecule has 0 saturated heterocycles. The van der Waals surface area contributed by atoms with Crippen molar-refractivity contribution < 1.29 is 9.00 Å². The molecule has 6 nitrogen and oxygen atoms in total. The van der Waals surface area contributed by atoms with Crippen molar-refractivity contribution in [3.63, 3.8) is 0 Å². The van der Waals surface area contributed by atoms with Gasteiger partial charge in [0.2, 0.25) is 0 Å². The molecule has 3 N–H and O–H groups in total. The molecular weight excluding hydrogens is 368 g/mol. The van der Waals surface area contributed by atoms with Crippen molar-refractivity contribution in [3.8, 4) is 0 Å². The average molecular weight is 389 g/mol. The van der Waals surface area contributed by atoms with Gasteiger partial charge >= 0.3 is 0 Å². The first-order valence-corrected chi connectivity index (χ1v) is 10.8. The van der Waals surface area contributed by atoms with Crippen LogP contribution in [-0.2, 0) is 16.1 Å². The van der Waals surface area contributed by atoms with Gasteiger partial charge in [-0.2, -0.15) is 5.10 Å². The van der Waals surface area contributed by atoms with Gasteiger partial charge in [0.05, 0.1) is 11.4 Å². The van der Waals surface area contributed by atoms with Crippen LogP contribution in [0.4, 0.5) is 5.69 Å². The number of nitrogen functional groups attached to an aromatic ring is 1. The van der Waals surface area contributed by atoms with Crippen molar-refractivity contribution in [1.29, 1.82) is 0 Å². The van der Waals surface area contributed by atoms with Crippen LogP contribution in [0.3, 0.4) is 0 Å². The Labute approximate surface area is 156 Å². The number of thiophene rings is 1. The lowest BCUT2D eigenvalue weighted by molar-refractivity contribution is 0.0956. The molecule has 1 amide bonds. The number of aryl methyl sites for hydroxylation is 2. The summed E-state index contributed by atoms with van der Waals surface area (Å²) in [5.74, 6) is 3.42. The van der Waals surface area contributed by atoms with Crippen LogP contribution in [0.5, 0.6) is 0 Å². The maximum atomic E-state index is 12.5. The summed E-state index contributed by atoms with van der Waals surface area (Å²) in [6.07, 6.45) is 1.60. The maximum absolute atomic E-state index is 12.5. The van der Waals surface area contributed by atoms with E-state index in [0.29, 0.717) is 26.8 Å². The molecular formula is C18H20N4O2S2. The number of benzene rings is 1. The van der Waals surface area contributed by atoms with Crippen LogP contribution in [-0.4, -0.2) is 32.4 Å². The third-order valence-corrected chi connectivity index (χ3v) is 6.57. The highest BCUT2D eigenvalue weighted by atomic mass is 32.2. The van der Waals surface area contributed by atoms with Gasteiger partial charge in [-0.25, -0.2) is 0 Å². The molecule has 0 bridgehead atoms. The van der Waals surface area contributed by atoms with E-state index >= 15 is 0 Å². The summed E-state index contributed by atoms with van der Waals surface area (Å²) in [6, 6.07) is 7.20. The molecule has 2 heterocycles. The Morgan fingerprint density at radius 3 is 2.54 bits per heavy atom. The van der Waals surface area contributed by atoms with Gasteiger partial charge in [-0.1, -0.05) is 12.1 Å². The molecule has 0 fully saturated rings. The second kappa shape index (κ2) is 6.69. The van der Waals surface area contributed by atoms with Gasteiger partial charge in [0.25, 0.3) is 5.91 Å². The van der Waals surface area contributed by atoms with Gasteiger partial charge in [0.15, 0.2) is 0 Å². The molecule has 0 radical (unpaired) electrons. The molecule has 26 heavy (non-hydrogen) atoms. The standard InChI is InChI=1S/C18H20N4O2S2/c1-10-11(2)21-22-18-14(10)15(19)16(25-18)17(23)20-9-12-5-7-13(8-6-12)26(3,4)24/h5-8H,3,9,19H2,1-2,4H3,(H,20,23). The fraction of sp³-hybridized carbons (Fsp3) is 0.222. The number of hydrogen-bond acceptors (Lipinski definition) is 6. The van der Waals surface area contributed by atoms with Gasteiger partial charge in [-0.05, 0) is 52.5 Å². The number of aromatic nitrogens is 2. The predicted molar refractivity (Wildman–Crippen MR) is 108 cm³/mol. The Morgan fingerprint density at radius 1 is 1.27 bits per heavy atom. The Balaban J connectivity index is 1.80. The van der Waals surface area contributed by atoms with Crippen LogP contribution < -0.4 is 11.1 Å². The van der Waals surface area contributed by atoms with Crippen LogP contribution in [0.1, 0.15) is 26.5 Å². The van der Waals surface area contributed by atoms with Crippen LogP contribution in [0.2, 0.25) is 0 Å². The lowest BCUT2D eigenvalue weighted by atomic mass is 10.1. The number of carbonyl (C=O) groups excluding carboxylic acids is 1. The highest BCUT2D eigenvalue weighted by Gasteiger charge is 2.19. The second-order valence-electron chi connectivity index (χ2n) is 6.27. The van der Waals surface area contributed by atoms with E-state index < -0.39 is 9.52 Å². The Bertz CT molecular complexity index is 1100. The van der Waals surface area contributed by atoms with E-state index in [1.807, 2.05) is 26.0 Å². The van der Waals surface area contributed by atoms with E-state index in [9.17, 15) is 9.00 Å². The number of nitrogens with two attached hydrogens (primary N) is 1. The minimum Gasteiger partial charge on any atom is -0.397 e. The largest absolute Gasteiger partial charge is 0.397 e. The Kier molecular flexibility index (Phi) is 4.72. The van der Waals surface area contributed by atoms with Crippen LogP contribution in [0, 0.1) is 13.8 Å². The monoisotopic (exact) mass is 388 g/mol. The first kappa shape index (κ1) is 18.3. The number of anilines is 1. The number of nitrogens with zero attached hydrogens (tertiary/aromatic N) is 2. The van der Waals surface area contributed by atoms with E-state index in [4.69, 9.17) is 5.73 Å². The zero-order valence-corrected chi connectivity index (χ0v) is 16.5. The quantitative estimate of drug-likeness (QED) is 0.669. The maximum Gasteiger partial charge on any atom is 0.263 e. The highest BCUT2D eigenvalue weighted by Crippen LogP contribution is 2.34. The lowest BCUT2D eigenvalue weighted by Gasteiger charge is -2.07. The number of nitrogens with one attached hydrogen (secondary N) is 1. The van der Waals surface area contributed by atoms with E-state index in [2.05, 4.69) is 21.4 Å². The molecule has 1 atom stereocenters. The van der Waals surface area contributed by atoms with Gasteiger partial charge in [-0.3, -0.25) is 9.00 Å². The minimum absolute atomic E-state index is 0.247. The average Bonchev–Trinajstić information content (AvgIpc) is 2.93. The van der Waals surface area contributed by atoms with E-state index in [-0.39, 0.29) is 5.91 Å². The van der Waals surface area contributed by atoms with Gasteiger partial charge in [0.1, 0.15) is 9.71 Å². The molecule has 0 aliphatic rings. The molecule has 1 aromatic carbocycles. The first-order valence-electron chi connectivity index (χ1n) is 7.89. The summed E-state index contributed by atoms with van der Waals surface area (Å²) in [6.45, 7) is 4.13. The van der Waals surface area contributed by atoms with E-state index in [1.165, 1.54) is 11.3 Å². The smallest absolute Gasteiger partial charge is 0.263 e. The van der Waals surface area contributed by atoms with Gasteiger partial charge in [0, 0.05) is 23.1 Å². The van der Waals surface area contributed by atoms with Gasteiger partial charge in [-0.15, -0.1) is 16.4 Å². The molecule has 3 aromatic rings. The molecule has 0 spiro atoms. The molecule has 1 unspecified atom stereocenters. The molecule has 0 saturated carbocycles. The fourth-order valence-electron chi connectivity index (χ4n) is 2.57. The number of amides is 1. The summed E-state index contributed by atoms with van der Waals surface area (Å²) < 4.78 is 11.9. The first-order chi connectivity index (χ1) is 12.2. The Hall–Kier alpha value is -2.45. The van der Waals surface area contributed by atoms with E-state index in [0.717, 1.165) is 22.2 Å². The van der Waals surface area contributed by atoms with Crippen molar-refractivity contribution in [2.45, 2.75) is 25.3 Å². The summed E-state index contributed by atoms with van der Waals surface area (Å²) in [5.41, 5.74) is 9.27. The van der Waals surface area contributed by atoms with E-state index in [1.54, 1.807) is 18.4 Å². The van der Waals surface area contributed by atoms with Crippen molar-refractivity contribution in [1.82, 2.24) is 15.5 Å². The second-order valence-corrected chi connectivity index (χ2v) is 9.75. The molecule has 0 aliphatic heterocycles. The van der Waals surface area contributed by atoms with Crippen molar-refractivity contribution in [3.05, 3.63) is 46.0 Å².